The number of nitrogens with zero attached hydrogens (tertiary/aromatic N) is 2. The molecular weight excluding hydrogens is 405 g/mol. The predicted octanol–water partition coefficient (Wildman–Crippen LogP) is 1.23. The molecule has 160 valence electrons. The normalized spacial score (nSPS) is 20.7. The van der Waals surface area contributed by atoms with Crippen LogP contribution in [-0.4, -0.2) is 65.1 Å². The zero-order chi connectivity index (χ0) is 21.2. The maximum atomic E-state index is 14.7. The topological polar surface area (TPSA) is 105 Å². The third-order valence-corrected chi connectivity index (χ3v) is 5.41. The van der Waals surface area contributed by atoms with Crippen LogP contribution in [-0.2, 0) is 23.8 Å². The Kier molecular flexibility index (Phi) is 6.27. The van der Waals surface area contributed by atoms with Gasteiger partial charge in [0.25, 0.3) is 10.1 Å². The summed E-state index contributed by atoms with van der Waals surface area (Å²) in [5, 5.41) is 2.59. The molecule has 0 aliphatic carbocycles. The van der Waals surface area contributed by atoms with E-state index in [1.54, 1.807) is 12.1 Å². The molecule has 2 fully saturated rings. The van der Waals surface area contributed by atoms with Gasteiger partial charge in [0.05, 0.1) is 36.8 Å². The van der Waals surface area contributed by atoms with Crippen molar-refractivity contribution in [2.24, 2.45) is 0 Å². The second-order valence-corrected chi connectivity index (χ2v) is 8.78. The molecule has 0 bridgehead atoms. The van der Waals surface area contributed by atoms with Gasteiger partial charge in [-0.2, -0.15) is 8.42 Å². The van der Waals surface area contributed by atoms with Gasteiger partial charge in [-0.15, -0.1) is 0 Å². The van der Waals surface area contributed by atoms with Crippen LogP contribution in [0.3, 0.4) is 0 Å². The van der Waals surface area contributed by atoms with Gasteiger partial charge in [-0.3, -0.25) is 13.9 Å². The first-order valence-electron chi connectivity index (χ1n) is 9.28. The van der Waals surface area contributed by atoms with Gasteiger partial charge in [0, 0.05) is 20.0 Å². The highest BCUT2D eigenvalue weighted by Gasteiger charge is 2.33. The molecule has 2 aliphatic rings. The van der Waals surface area contributed by atoms with E-state index in [-0.39, 0.29) is 19.0 Å². The van der Waals surface area contributed by atoms with Crippen molar-refractivity contribution in [2.75, 3.05) is 42.2 Å². The summed E-state index contributed by atoms with van der Waals surface area (Å²) in [4.78, 5) is 26.2. The Morgan fingerprint density at radius 3 is 2.62 bits per heavy atom. The summed E-state index contributed by atoms with van der Waals surface area (Å²) in [5.74, 6) is -0.705. The van der Waals surface area contributed by atoms with Crippen LogP contribution < -0.4 is 15.1 Å². The van der Waals surface area contributed by atoms with Crippen molar-refractivity contribution < 1.29 is 31.3 Å². The molecule has 2 aliphatic heterocycles. The summed E-state index contributed by atoms with van der Waals surface area (Å²) in [6.45, 7) is 2.70. The molecule has 9 nitrogen and oxygen atoms in total. The number of benzene rings is 1. The Morgan fingerprint density at radius 2 is 2.03 bits per heavy atom. The molecule has 11 heteroatoms. The van der Waals surface area contributed by atoms with Crippen LogP contribution >= 0.6 is 0 Å². The Bertz CT molecular complexity index is 886. The number of piperidine rings is 1. The number of cyclic esters (lactones) is 1. The van der Waals surface area contributed by atoms with Gasteiger partial charge in [-0.1, -0.05) is 0 Å². The number of ether oxygens (including phenoxy) is 1. The number of amides is 2. The smallest absolute Gasteiger partial charge is 0.414 e. The maximum Gasteiger partial charge on any atom is 0.414 e. The Labute approximate surface area is 168 Å². The van der Waals surface area contributed by atoms with Crippen molar-refractivity contribution >= 4 is 33.5 Å². The van der Waals surface area contributed by atoms with Crippen molar-refractivity contribution in [1.82, 2.24) is 5.32 Å². The quantitative estimate of drug-likeness (QED) is 0.678. The van der Waals surface area contributed by atoms with Gasteiger partial charge in [-0.25, -0.2) is 9.18 Å². The number of hydrogen-bond donors (Lipinski definition) is 1. The standard InChI is InChI=1S/C18H24FN3O6S/c1-12(23)20-10-15-11-22(18(24)27-15)13-3-4-17(16(19)9-13)21-7-5-14(6-8-21)28-29(2,25)26/h3-4,9,14-15H,5-8,10-11H2,1-2H3,(H,20,23). The third kappa shape index (κ3) is 5.57. The number of carbonyl (C=O) groups excluding carboxylic acids is 2. The first-order chi connectivity index (χ1) is 13.6. The number of anilines is 2. The van der Waals surface area contributed by atoms with E-state index in [2.05, 4.69) is 5.32 Å². The molecule has 0 saturated carbocycles. The summed E-state index contributed by atoms with van der Waals surface area (Å²) in [6, 6.07) is 4.51. The van der Waals surface area contributed by atoms with Gasteiger partial charge < -0.3 is 15.0 Å². The lowest BCUT2D eigenvalue weighted by atomic mass is 10.1. The molecule has 2 amide bonds. The number of carbonyl (C=O) groups is 2. The van der Waals surface area contributed by atoms with E-state index in [9.17, 15) is 22.4 Å². The third-order valence-electron chi connectivity index (χ3n) is 4.79. The minimum Gasteiger partial charge on any atom is -0.442 e. The van der Waals surface area contributed by atoms with E-state index >= 15 is 0 Å². The Hall–Kier alpha value is -2.40. The highest BCUT2D eigenvalue weighted by molar-refractivity contribution is 7.86. The fraction of sp³-hybridized carbons (Fsp3) is 0.556. The molecule has 1 aromatic rings. The fourth-order valence-corrected chi connectivity index (χ4v) is 4.14. The van der Waals surface area contributed by atoms with Crippen molar-refractivity contribution in [1.29, 1.82) is 0 Å². The predicted molar refractivity (Wildman–Crippen MR) is 104 cm³/mol. The highest BCUT2D eigenvalue weighted by atomic mass is 32.2. The zero-order valence-electron chi connectivity index (χ0n) is 16.3. The van der Waals surface area contributed by atoms with E-state index in [1.807, 2.05) is 4.90 Å². The number of rotatable bonds is 6. The minimum atomic E-state index is -3.51. The van der Waals surface area contributed by atoms with Crippen LogP contribution in [0.5, 0.6) is 0 Å². The molecule has 0 radical (unpaired) electrons. The largest absolute Gasteiger partial charge is 0.442 e. The van der Waals surface area contributed by atoms with Gasteiger partial charge >= 0.3 is 6.09 Å². The second-order valence-electron chi connectivity index (χ2n) is 7.18. The van der Waals surface area contributed by atoms with E-state index in [1.165, 1.54) is 17.9 Å². The van der Waals surface area contributed by atoms with E-state index in [4.69, 9.17) is 8.92 Å². The lowest BCUT2D eigenvalue weighted by Crippen LogP contribution is -2.38. The molecule has 0 aromatic heterocycles. The average Bonchev–Trinajstić information content (AvgIpc) is 3.00. The summed E-state index contributed by atoms with van der Waals surface area (Å²) in [5.41, 5.74) is 0.755. The molecule has 1 N–H and O–H groups in total. The molecule has 2 heterocycles. The number of nitrogens with one attached hydrogen (secondary N) is 1. The molecule has 1 aromatic carbocycles. The first-order valence-corrected chi connectivity index (χ1v) is 11.1. The van der Waals surface area contributed by atoms with Crippen LogP contribution in [0, 0.1) is 5.82 Å². The summed E-state index contributed by atoms with van der Waals surface area (Å²) >= 11 is 0. The van der Waals surface area contributed by atoms with E-state index in [0.29, 0.717) is 37.3 Å². The van der Waals surface area contributed by atoms with Gasteiger partial charge in [0.1, 0.15) is 11.9 Å². The molecule has 2 saturated heterocycles. The van der Waals surface area contributed by atoms with Crippen LogP contribution in [0.4, 0.5) is 20.6 Å². The maximum absolute atomic E-state index is 14.7. The van der Waals surface area contributed by atoms with E-state index in [0.717, 1.165) is 6.26 Å². The van der Waals surface area contributed by atoms with E-state index < -0.39 is 34.2 Å². The number of hydrogen-bond acceptors (Lipinski definition) is 7. The van der Waals surface area contributed by atoms with Crippen LogP contribution in [0.15, 0.2) is 18.2 Å². The van der Waals surface area contributed by atoms with Crippen LogP contribution in [0.2, 0.25) is 0 Å². The van der Waals surface area contributed by atoms with Crippen molar-refractivity contribution in [3.8, 4) is 0 Å². The molecular formula is C18H24FN3O6S. The molecule has 1 unspecified atom stereocenters. The Balaban J connectivity index is 1.62. The molecule has 1 atom stereocenters. The summed E-state index contributed by atoms with van der Waals surface area (Å²) in [7, 11) is -3.51. The first kappa shape index (κ1) is 21.3. The van der Waals surface area contributed by atoms with Gasteiger partial charge in [0.2, 0.25) is 5.91 Å². The average molecular weight is 429 g/mol. The zero-order valence-corrected chi connectivity index (χ0v) is 17.1. The van der Waals surface area contributed by atoms with Gasteiger partial charge in [0.15, 0.2) is 0 Å². The minimum absolute atomic E-state index is 0.197. The monoisotopic (exact) mass is 429 g/mol. The lowest BCUT2D eigenvalue weighted by molar-refractivity contribution is -0.119. The summed E-state index contributed by atoms with van der Waals surface area (Å²) in [6.07, 6.45) is 0.467. The molecule has 29 heavy (non-hydrogen) atoms. The van der Waals surface area contributed by atoms with Crippen molar-refractivity contribution in [3.63, 3.8) is 0 Å². The van der Waals surface area contributed by atoms with Gasteiger partial charge in [-0.05, 0) is 31.0 Å². The lowest BCUT2D eigenvalue weighted by Gasteiger charge is -2.33. The van der Waals surface area contributed by atoms with Crippen molar-refractivity contribution in [2.45, 2.75) is 32.0 Å². The second kappa shape index (κ2) is 8.54. The van der Waals surface area contributed by atoms with Crippen LogP contribution in [0.1, 0.15) is 19.8 Å². The highest BCUT2D eigenvalue weighted by Crippen LogP contribution is 2.30. The Morgan fingerprint density at radius 1 is 1.34 bits per heavy atom. The SMILES string of the molecule is CC(=O)NCC1CN(c2ccc(N3CCC(OS(C)(=O)=O)CC3)c(F)c2)C(=O)O1. The van der Waals surface area contributed by atoms with Crippen molar-refractivity contribution in [3.05, 3.63) is 24.0 Å². The molecule has 0 spiro atoms. The van der Waals surface area contributed by atoms with Crippen LogP contribution in [0.25, 0.3) is 0 Å². The summed E-state index contributed by atoms with van der Waals surface area (Å²) < 4.78 is 47.4. The molecule has 3 rings (SSSR count). The number of halogens is 1. The fourth-order valence-electron chi connectivity index (χ4n) is 3.46.